The molecule has 3 aromatic carbocycles. The number of amidine groups is 1. The molecule has 1 aliphatic heterocycles. The third-order valence-electron chi connectivity index (χ3n) is 4.18. The first-order valence-electron chi connectivity index (χ1n) is 9.08. The number of benzene rings is 3. The Bertz CT molecular complexity index is 1130. The van der Waals surface area contributed by atoms with Crippen LogP contribution in [0, 0.1) is 0 Å². The molecule has 4 nitrogen and oxygen atoms in total. The number of nitrogens with zero attached hydrogens (tertiary/aromatic N) is 1. The summed E-state index contributed by atoms with van der Waals surface area (Å²) in [6, 6.07) is 22.2. The second kappa shape index (κ2) is 9.39. The van der Waals surface area contributed by atoms with E-state index >= 15 is 0 Å². The van der Waals surface area contributed by atoms with Gasteiger partial charge in [0.1, 0.15) is 12.4 Å². The second-order valence-electron chi connectivity index (χ2n) is 6.45. The lowest BCUT2D eigenvalue weighted by molar-refractivity contribution is -0.115. The van der Waals surface area contributed by atoms with E-state index < -0.39 is 0 Å². The van der Waals surface area contributed by atoms with Gasteiger partial charge in [-0.25, -0.2) is 4.99 Å². The minimum absolute atomic E-state index is 0.172. The van der Waals surface area contributed by atoms with Crippen molar-refractivity contribution in [3.8, 4) is 5.75 Å². The molecule has 1 N–H and O–H groups in total. The summed E-state index contributed by atoms with van der Waals surface area (Å²) >= 11 is 13.2. The van der Waals surface area contributed by atoms with E-state index in [4.69, 9.17) is 27.9 Å². The normalized spacial score (nSPS) is 16.1. The predicted octanol–water partition coefficient (Wildman–Crippen LogP) is 6.46. The third kappa shape index (κ3) is 5.45. The van der Waals surface area contributed by atoms with Crippen molar-refractivity contribution in [3.63, 3.8) is 0 Å². The molecule has 3 aromatic rings. The number of rotatable bonds is 5. The fraction of sp³-hybridized carbons (Fsp3) is 0.0435. The number of halogens is 2. The Kier molecular flexibility index (Phi) is 6.43. The molecule has 0 bridgehead atoms. The summed E-state index contributed by atoms with van der Waals surface area (Å²) in [6.45, 7) is 0.434. The molecule has 1 heterocycles. The highest BCUT2D eigenvalue weighted by atomic mass is 35.5. The number of aliphatic imine (C=N–C) groups is 1. The number of thioether (sulfide) groups is 1. The van der Waals surface area contributed by atoms with Gasteiger partial charge < -0.3 is 10.1 Å². The van der Waals surface area contributed by atoms with Gasteiger partial charge in [0.25, 0.3) is 5.91 Å². The first kappa shape index (κ1) is 20.5. The van der Waals surface area contributed by atoms with E-state index in [-0.39, 0.29) is 5.91 Å². The molecule has 0 radical (unpaired) electrons. The van der Waals surface area contributed by atoms with Crippen molar-refractivity contribution in [1.29, 1.82) is 0 Å². The molecule has 4 rings (SSSR count). The van der Waals surface area contributed by atoms with E-state index in [1.54, 1.807) is 24.3 Å². The number of nitrogens with one attached hydrogen (secondary N) is 1. The zero-order chi connectivity index (χ0) is 20.9. The van der Waals surface area contributed by atoms with Crippen molar-refractivity contribution in [2.24, 2.45) is 4.99 Å². The first-order chi connectivity index (χ1) is 14.5. The minimum atomic E-state index is -0.172. The highest BCUT2D eigenvalue weighted by molar-refractivity contribution is 8.18. The van der Waals surface area contributed by atoms with Gasteiger partial charge in [0, 0.05) is 10.0 Å². The van der Waals surface area contributed by atoms with Crippen LogP contribution in [0.5, 0.6) is 5.75 Å². The number of carbonyl (C=O) groups is 1. The Hall–Kier alpha value is -2.73. The average molecular weight is 455 g/mol. The molecule has 0 saturated carbocycles. The third-order valence-corrected chi connectivity index (χ3v) is 5.58. The number of hydrogen-bond acceptors (Lipinski definition) is 4. The Morgan fingerprint density at radius 1 is 0.967 bits per heavy atom. The summed E-state index contributed by atoms with van der Waals surface area (Å²) in [6.07, 6.45) is 1.82. The lowest BCUT2D eigenvalue weighted by Crippen LogP contribution is -2.19. The first-order valence-corrected chi connectivity index (χ1v) is 10.6. The molecule has 30 heavy (non-hydrogen) atoms. The Morgan fingerprint density at radius 2 is 1.73 bits per heavy atom. The molecule has 0 unspecified atom stereocenters. The number of ether oxygens (including phenoxy) is 1. The van der Waals surface area contributed by atoms with Gasteiger partial charge >= 0.3 is 0 Å². The van der Waals surface area contributed by atoms with Gasteiger partial charge in [0.2, 0.25) is 0 Å². The molecule has 0 atom stereocenters. The van der Waals surface area contributed by atoms with Crippen LogP contribution in [0.1, 0.15) is 11.1 Å². The van der Waals surface area contributed by atoms with Crippen molar-refractivity contribution in [2.45, 2.75) is 6.61 Å². The van der Waals surface area contributed by atoms with E-state index in [1.807, 2.05) is 54.6 Å². The van der Waals surface area contributed by atoms with Gasteiger partial charge in [-0.1, -0.05) is 47.5 Å². The summed E-state index contributed by atoms with van der Waals surface area (Å²) in [5.74, 6) is 0.569. The van der Waals surface area contributed by atoms with Crippen LogP contribution in [0.15, 0.2) is 82.7 Å². The quantitative estimate of drug-likeness (QED) is 0.449. The summed E-state index contributed by atoms with van der Waals surface area (Å²) in [4.78, 5) is 17.3. The van der Waals surface area contributed by atoms with E-state index in [0.717, 1.165) is 22.6 Å². The van der Waals surface area contributed by atoms with Gasteiger partial charge in [-0.3, -0.25) is 4.79 Å². The molecule has 0 aliphatic carbocycles. The minimum Gasteiger partial charge on any atom is -0.489 e. The number of hydrogen-bond donors (Lipinski definition) is 1. The van der Waals surface area contributed by atoms with Crippen LogP contribution < -0.4 is 10.1 Å². The van der Waals surface area contributed by atoms with Crippen molar-refractivity contribution in [3.05, 3.63) is 98.9 Å². The molecule has 1 amide bonds. The van der Waals surface area contributed by atoms with Crippen LogP contribution in [0.4, 0.5) is 5.69 Å². The maximum Gasteiger partial charge on any atom is 0.264 e. The van der Waals surface area contributed by atoms with Gasteiger partial charge in [0.15, 0.2) is 5.17 Å². The molecular weight excluding hydrogens is 439 g/mol. The summed E-state index contributed by atoms with van der Waals surface area (Å²) in [5, 5.41) is 4.64. The predicted molar refractivity (Wildman–Crippen MR) is 124 cm³/mol. The molecule has 0 aromatic heterocycles. The van der Waals surface area contributed by atoms with Crippen LogP contribution in [-0.2, 0) is 11.4 Å². The van der Waals surface area contributed by atoms with Crippen molar-refractivity contribution >= 4 is 57.8 Å². The lowest BCUT2D eigenvalue weighted by Gasteiger charge is -2.07. The van der Waals surface area contributed by atoms with Crippen LogP contribution in [0.25, 0.3) is 6.08 Å². The second-order valence-corrected chi connectivity index (χ2v) is 8.35. The monoisotopic (exact) mass is 454 g/mol. The van der Waals surface area contributed by atoms with E-state index in [2.05, 4.69) is 10.3 Å². The molecule has 0 spiro atoms. The summed E-state index contributed by atoms with van der Waals surface area (Å²) in [7, 11) is 0. The average Bonchev–Trinajstić information content (AvgIpc) is 3.08. The summed E-state index contributed by atoms with van der Waals surface area (Å²) < 4.78 is 5.79. The van der Waals surface area contributed by atoms with Crippen molar-refractivity contribution in [2.75, 3.05) is 0 Å². The van der Waals surface area contributed by atoms with Gasteiger partial charge in [-0.2, -0.15) is 0 Å². The van der Waals surface area contributed by atoms with Crippen LogP contribution in [0.2, 0.25) is 10.0 Å². The molecule has 1 aliphatic rings. The van der Waals surface area contributed by atoms with Gasteiger partial charge in [0.05, 0.1) is 10.6 Å². The molecule has 150 valence electrons. The van der Waals surface area contributed by atoms with Crippen LogP contribution >= 0.6 is 35.0 Å². The Balaban J connectivity index is 1.40. The highest BCUT2D eigenvalue weighted by Gasteiger charge is 2.23. The Morgan fingerprint density at radius 3 is 2.47 bits per heavy atom. The fourth-order valence-corrected chi connectivity index (χ4v) is 3.90. The van der Waals surface area contributed by atoms with E-state index in [1.165, 1.54) is 11.8 Å². The molecule has 1 saturated heterocycles. The zero-order valence-corrected chi connectivity index (χ0v) is 18.0. The van der Waals surface area contributed by atoms with Gasteiger partial charge in [-0.05, 0) is 77.5 Å². The summed E-state index contributed by atoms with van der Waals surface area (Å²) in [5.41, 5.74) is 2.63. The van der Waals surface area contributed by atoms with Crippen LogP contribution in [-0.4, -0.2) is 11.1 Å². The smallest absolute Gasteiger partial charge is 0.264 e. The van der Waals surface area contributed by atoms with Crippen LogP contribution in [0.3, 0.4) is 0 Å². The number of amides is 1. The largest absolute Gasteiger partial charge is 0.489 e. The fourth-order valence-electron chi connectivity index (χ4n) is 2.72. The van der Waals surface area contributed by atoms with Crippen molar-refractivity contribution in [1.82, 2.24) is 5.32 Å². The molecule has 7 heteroatoms. The zero-order valence-electron chi connectivity index (χ0n) is 15.6. The van der Waals surface area contributed by atoms with Gasteiger partial charge in [-0.15, -0.1) is 0 Å². The highest BCUT2D eigenvalue weighted by Crippen LogP contribution is 2.29. The Labute approximate surface area is 188 Å². The molecule has 1 fully saturated rings. The maximum absolute atomic E-state index is 12.2. The number of carbonyl (C=O) groups excluding carboxylic acids is 1. The molecular formula is C23H16Cl2N2O2S. The van der Waals surface area contributed by atoms with E-state index in [0.29, 0.717) is 26.7 Å². The lowest BCUT2D eigenvalue weighted by atomic mass is 10.2. The van der Waals surface area contributed by atoms with Crippen molar-refractivity contribution < 1.29 is 9.53 Å². The topological polar surface area (TPSA) is 50.7 Å². The maximum atomic E-state index is 12.2. The van der Waals surface area contributed by atoms with E-state index in [9.17, 15) is 4.79 Å². The standard InChI is InChI=1S/C23H16Cl2N2O2S/c24-17-6-8-19(9-7-17)26-23-27-22(28)21(30-23)13-15-4-10-20(11-5-15)29-14-16-2-1-3-18(25)12-16/h1-13H,14H2,(H,26,27,28)/b21-13-. The SMILES string of the molecule is O=C1NC(=Nc2ccc(Cl)cc2)S/C1=C\c1ccc(OCc2cccc(Cl)c2)cc1.